The van der Waals surface area contributed by atoms with Crippen LogP contribution in [0.4, 0.5) is 0 Å². The lowest BCUT2D eigenvalue weighted by atomic mass is 10.1. The largest absolute Gasteiger partial charge is 0.378 e. The molecule has 1 aliphatic heterocycles. The highest BCUT2D eigenvalue weighted by molar-refractivity contribution is 4.95. The first-order valence-electron chi connectivity index (χ1n) is 6.10. The van der Waals surface area contributed by atoms with E-state index in [0.717, 1.165) is 38.1 Å². The van der Waals surface area contributed by atoms with Gasteiger partial charge in [0.2, 0.25) is 5.89 Å². The van der Waals surface area contributed by atoms with E-state index < -0.39 is 0 Å². The molecular weight excluding hydrogens is 218 g/mol. The molecule has 0 aliphatic carbocycles. The van der Waals surface area contributed by atoms with Crippen LogP contribution in [0.5, 0.6) is 0 Å². The van der Waals surface area contributed by atoms with Crippen molar-refractivity contribution < 1.29 is 9.26 Å². The Balaban J connectivity index is 1.88. The highest BCUT2D eigenvalue weighted by Gasteiger charge is 2.20. The number of ether oxygens (including phenoxy) is 1. The quantitative estimate of drug-likeness (QED) is 0.782. The molecular formula is C12H17N3O2. The molecule has 2 rings (SSSR count). The molecule has 2 atom stereocenters. The van der Waals surface area contributed by atoms with Crippen LogP contribution in [0.1, 0.15) is 50.2 Å². The molecule has 0 saturated carbocycles. The van der Waals surface area contributed by atoms with Gasteiger partial charge in [0.25, 0.3) is 0 Å². The summed E-state index contributed by atoms with van der Waals surface area (Å²) in [5, 5.41) is 12.5. The topological polar surface area (TPSA) is 71.9 Å². The van der Waals surface area contributed by atoms with Gasteiger partial charge in [-0.15, -0.1) is 0 Å². The summed E-state index contributed by atoms with van der Waals surface area (Å²) < 4.78 is 10.7. The lowest BCUT2D eigenvalue weighted by Crippen LogP contribution is -2.10. The summed E-state index contributed by atoms with van der Waals surface area (Å²) in [5.41, 5.74) is 0. The Morgan fingerprint density at radius 2 is 2.47 bits per heavy atom. The fraction of sp³-hybridized carbons (Fsp3) is 0.750. The number of hydrogen-bond acceptors (Lipinski definition) is 5. The molecule has 5 nitrogen and oxygen atoms in total. The number of hydrogen-bond donors (Lipinski definition) is 0. The highest BCUT2D eigenvalue weighted by Crippen LogP contribution is 2.20. The second-order valence-electron chi connectivity index (χ2n) is 4.49. The predicted molar refractivity (Wildman–Crippen MR) is 60.2 cm³/mol. The van der Waals surface area contributed by atoms with Gasteiger partial charge < -0.3 is 9.26 Å². The Kier molecular flexibility index (Phi) is 4.10. The maximum atomic E-state index is 8.52. The van der Waals surface area contributed by atoms with E-state index in [1.165, 1.54) is 0 Å². The molecule has 5 heteroatoms. The van der Waals surface area contributed by atoms with Crippen LogP contribution in [0.3, 0.4) is 0 Å². The van der Waals surface area contributed by atoms with Crippen molar-refractivity contribution in [3.8, 4) is 6.07 Å². The zero-order chi connectivity index (χ0) is 12.1. The summed E-state index contributed by atoms with van der Waals surface area (Å²) in [5.74, 6) is 1.50. The number of aromatic nitrogens is 2. The van der Waals surface area contributed by atoms with E-state index in [2.05, 4.69) is 16.2 Å². The van der Waals surface area contributed by atoms with E-state index >= 15 is 0 Å². The summed E-state index contributed by atoms with van der Waals surface area (Å²) in [6, 6.07) is 2.12. The van der Waals surface area contributed by atoms with E-state index in [4.69, 9.17) is 14.5 Å². The molecule has 92 valence electrons. The van der Waals surface area contributed by atoms with E-state index in [-0.39, 0.29) is 12.0 Å². The fourth-order valence-electron chi connectivity index (χ4n) is 1.96. The van der Waals surface area contributed by atoms with Gasteiger partial charge in [-0.25, -0.2) is 0 Å². The highest BCUT2D eigenvalue weighted by atomic mass is 16.5. The maximum absolute atomic E-state index is 8.52. The zero-order valence-corrected chi connectivity index (χ0v) is 10.1. The molecule has 0 N–H and O–H groups in total. The summed E-state index contributed by atoms with van der Waals surface area (Å²) in [4.78, 5) is 4.36. The Morgan fingerprint density at radius 1 is 1.59 bits per heavy atom. The van der Waals surface area contributed by atoms with Crippen molar-refractivity contribution in [2.24, 2.45) is 0 Å². The Hall–Kier alpha value is -1.41. The average molecular weight is 235 g/mol. The summed E-state index contributed by atoms with van der Waals surface area (Å²) in [6.07, 6.45) is 4.45. The van der Waals surface area contributed by atoms with Crippen molar-refractivity contribution in [3.05, 3.63) is 11.7 Å². The first-order chi connectivity index (χ1) is 8.29. The fourth-order valence-corrected chi connectivity index (χ4v) is 1.96. The van der Waals surface area contributed by atoms with Gasteiger partial charge in [-0.05, 0) is 19.3 Å². The second kappa shape index (κ2) is 5.78. The van der Waals surface area contributed by atoms with Crippen LogP contribution in [0.2, 0.25) is 0 Å². The van der Waals surface area contributed by atoms with Gasteiger partial charge in [-0.2, -0.15) is 10.2 Å². The molecule has 0 radical (unpaired) electrons. The van der Waals surface area contributed by atoms with Gasteiger partial charge in [0.05, 0.1) is 12.2 Å². The van der Waals surface area contributed by atoms with Gasteiger partial charge in [-0.1, -0.05) is 12.1 Å². The molecule has 0 bridgehead atoms. The van der Waals surface area contributed by atoms with Gasteiger partial charge in [-0.3, -0.25) is 0 Å². The van der Waals surface area contributed by atoms with Crippen LogP contribution in [-0.4, -0.2) is 22.9 Å². The van der Waals surface area contributed by atoms with Crippen molar-refractivity contribution in [1.29, 1.82) is 5.26 Å². The third-order valence-electron chi connectivity index (χ3n) is 3.03. The predicted octanol–water partition coefficient (Wildman–Crippen LogP) is 2.20. The molecule has 0 aromatic carbocycles. The maximum Gasteiger partial charge on any atom is 0.229 e. The average Bonchev–Trinajstić information content (AvgIpc) is 2.98. The normalized spacial score (nSPS) is 21.3. The smallest absolute Gasteiger partial charge is 0.229 e. The van der Waals surface area contributed by atoms with Crippen LogP contribution < -0.4 is 0 Å². The van der Waals surface area contributed by atoms with E-state index in [1.54, 1.807) is 0 Å². The third-order valence-corrected chi connectivity index (χ3v) is 3.03. The van der Waals surface area contributed by atoms with Crippen molar-refractivity contribution in [2.45, 2.75) is 51.0 Å². The Bertz CT molecular complexity index is 391. The van der Waals surface area contributed by atoms with Crippen LogP contribution in [0, 0.1) is 11.3 Å². The first kappa shape index (κ1) is 12.1. The van der Waals surface area contributed by atoms with Crippen LogP contribution >= 0.6 is 0 Å². The molecule has 17 heavy (non-hydrogen) atoms. The second-order valence-corrected chi connectivity index (χ2v) is 4.49. The van der Waals surface area contributed by atoms with Gasteiger partial charge in [0.15, 0.2) is 5.82 Å². The minimum atomic E-state index is 0.153. The van der Waals surface area contributed by atoms with Crippen LogP contribution in [-0.2, 0) is 11.2 Å². The summed E-state index contributed by atoms with van der Waals surface area (Å²) >= 11 is 0. The van der Waals surface area contributed by atoms with Crippen LogP contribution in [0.15, 0.2) is 4.52 Å². The number of nitrogens with zero attached hydrogens (tertiary/aromatic N) is 3. The molecule has 1 aromatic rings. The Morgan fingerprint density at radius 3 is 3.18 bits per heavy atom. The van der Waals surface area contributed by atoms with Crippen molar-refractivity contribution in [1.82, 2.24) is 10.1 Å². The standard InChI is InChI=1S/C12H17N3O2/c1-9(4-2-6-13)12-14-11(15-17-12)8-10-5-3-7-16-10/h9-10H,2-5,7-8H2,1H3. The van der Waals surface area contributed by atoms with E-state index in [1.807, 2.05) is 6.92 Å². The summed E-state index contributed by atoms with van der Waals surface area (Å²) in [6.45, 7) is 2.84. The van der Waals surface area contributed by atoms with E-state index in [9.17, 15) is 0 Å². The molecule has 1 saturated heterocycles. The van der Waals surface area contributed by atoms with Gasteiger partial charge in [0.1, 0.15) is 0 Å². The minimum absolute atomic E-state index is 0.153. The zero-order valence-electron chi connectivity index (χ0n) is 10.1. The molecule has 2 unspecified atom stereocenters. The molecule has 1 aliphatic rings. The first-order valence-corrected chi connectivity index (χ1v) is 6.10. The SMILES string of the molecule is CC(CCC#N)c1nc(CC2CCCO2)no1. The summed E-state index contributed by atoms with van der Waals surface area (Å²) in [7, 11) is 0. The molecule has 1 fully saturated rings. The van der Waals surface area contributed by atoms with E-state index in [0.29, 0.717) is 12.3 Å². The molecule has 0 amide bonds. The van der Waals surface area contributed by atoms with Crippen molar-refractivity contribution in [2.75, 3.05) is 6.61 Å². The number of rotatable bonds is 5. The lowest BCUT2D eigenvalue weighted by molar-refractivity contribution is 0.109. The number of nitriles is 1. The lowest BCUT2D eigenvalue weighted by Gasteiger charge is -2.04. The minimum Gasteiger partial charge on any atom is -0.378 e. The van der Waals surface area contributed by atoms with Crippen molar-refractivity contribution >= 4 is 0 Å². The third kappa shape index (κ3) is 3.27. The van der Waals surface area contributed by atoms with Gasteiger partial charge >= 0.3 is 0 Å². The van der Waals surface area contributed by atoms with Gasteiger partial charge in [0, 0.05) is 25.4 Å². The molecule has 1 aromatic heterocycles. The van der Waals surface area contributed by atoms with Crippen LogP contribution in [0.25, 0.3) is 0 Å². The Labute approximate surface area is 101 Å². The molecule has 0 spiro atoms. The molecule has 2 heterocycles. The van der Waals surface area contributed by atoms with Crippen molar-refractivity contribution in [3.63, 3.8) is 0 Å². The monoisotopic (exact) mass is 235 g/mol.